The predicted octanol–water partition coefficient (Wildman–Crippen LogP) is 3.48. The highest BCUT2D eigenvalue weighted by molar-refractivity contribution is 5.81. The summed E-state index contributed by atoms with van der Waals surface area (Å²) in [4.78, 5) is 11.7. The summed E-state index contributed by atoms with van der Waals surface area (Å²) >= 11 is 0. The minimum Gasteiger partial charge on any atom is -0.453 e. The lowest BCUT2D eigenvalue weighted by molar-refractivity contribution is -0.196. The third kappa shape index (κ3) is 3.14. The predicted molar refractivity (Wildman–Crippen MR) is 72.4 cm³/mol. The van der Waals surface area contributed by atoms with Crippen LogP contribution in [0.3, 0.4) is 0 Å². The van der Waals surface area contributed by atoms with Crippen LogP contribution in [0.4, 0.5) is 0 Å². The van der Waals surface area contributed by atoms with E-state index in [0.717, 1.165) is 32.1 Å². The van der Waals surface area contributed by atoms with Crippen molar-refractivity contribution in [1.29, 1.82) is 0 Å². The van der Waals surface area contributed by atoms with E-state index in [9.17, 15) is 4.79 Å². The molecule has 1 aliphatic carbocycles. The molecule has 3 atom stereocenters. The lowest BCUT2D eigenvalue weighted by atomic mass is 9.73. The largest absolute Gasteiger partial charge is 0.453 e. The molecule has 0 aromatic carbocycles. The number of ether oxygens (including phenoxy) is 2. The lowest BCUT2D eigenvalue weighted by Gasteiger charge is -2.46. The number of rotatable bonds is 6. The van der Waals surface area contributed by atoms with Crippen molar-refractivity contribution in [2.45, 2.75) is 64.6 Å². The van der Waals surface area contributed by atoms with Crippen molar-refractivity contribution < 1.29 is 14.3 Å². The SMILES string of the molecule is C=CC(=O)OC1(C(C)CC)CCCCC1OCC. The van der Waals surface area contributed by atoms with Gasteiger partial charge in [-0.1, -0.05) is 26.8 Å². The summed E-state index contributed by atoms with van der Waals surface area (Å²) in [5.74, 6) is -0.0276. The summed E-state index contributed by atoms with van der Waals surface area (Å²) in [6.45, 7) is 10.4. The van der Waals surface area contributed by atoms with Gasteiger partial charge in [-0.05, 0) is 38.5 Å². The van der Waals surface area contributed by atoms with Crippen molar-refractivity contribution in [2.24, 2.45) is 5.92 Å². The molecule has 0 saturated heterocycles. The van der Waals surface area contributed by atoms with Gasteiger partial charge in [-0.3, -0.25) is 0 Å². The van der Waals surface area contributed by atoms with Crippen molar-refractivity contribution in [3.05, 3.63) is 12.7 Å². The Hall–Kier alpha value is -0.830. The van der Waals surface area contributed by atoms with Crippen LogP contribution in [0, 0.1) is 5.92 Å². The Kier molecular flexibility index (Phi) is 5.86. The molecule has 0 radical (unpaired) electrons. The van der Waals surface area contributed by atoms with E-state index in [1.165, 1.54) is 6.08 Å². The van der Waals surface area contributed by atoms with Crippen LogP contribution in [0.2, 0.25) is 0 Å². The fraction of sp³-hybridized carbons (Fsp3) is 0.800. The molecule has 104 valence electrons. The Morgan fingerprint density at radius 2 is 2.22 bits per heavy atom. The minimum atomic E-state index is -0.464. The molecule has 0 aliphatic heterocycles. The normalized spacial score (nSPS) is 29.6. The molecule has 0 aromatic heterocycles. The van der Waals surface area contributed by atoms with Gasteiger partial charge in [0.05, 0.1) is 6.10 Å². The quantitative estimate of drug-likeness (QED) is 0.538. The van der Waals surface area contributed by atoms with Crippen LogP contribution >= 0.6 is 0 Å². The highest BCUT2D eigenvalue weighted by Crippen LogP contribution is 2.41. The number of hydrogen-bond acceptors (Lipinski definition) is 3. The number of carbonyl (C=O) groups excluding carboxylic acids is 1. The smallest absolute Gasteiger partial charge is 0.330 e. The Morgan fingerprint density at radius 1 is 1.50 bits per heavy atom. The van der Waals surface area contributed by atoms with Crippen molar-refractivity contribution in [3.63, 3.8) is 0 Å². The van der Waals surface area contributed by atoms with Gasteiger partial charge in [0.2, 0.25) is 0 Å². The molecule has 0 spiro atoms. The molecule has 1 rings (SSSR count). The zero-order chi connectivity index (χ0) is 13.6. The van der Waals surface area contributed by atoms with E-state index in [2.05, 4.69) is 20.4 Å². The average molecular weight is 254 g/mol. The third-order valence-corrected chi connectivity index (χ3v) is 4.10. The van der Waals surface area contributed by atoms with Crippen molar-refractivity contribution >= 4 is 5.97 Å². The third-order valence-electron chi connectivity index (χ3n) is 4.10. The van der Waals surface area contributed by atoms with E-state index >= 15 is 0 Å². The summed E-state index contributed by atoms with van der Waals surface area (Å²) in [7, 11) is 0. The zero-order valence-corrected chi connectivity index (χ0v) is 11.9. The van der Waals surface area contributed by atoms with Gasteiger partial charge in [-0.25, -0.2) is 4.79 Å². The Morgan fingerprint density at radius 3 is 2.78 bits per heavy atom. The fourth-order valence-electron chi connectivity index (χ4n) is 2.92. The first-order valence-electron chi connectivity index (χ1n) is 7.07. The molecule has 1 aliphatic rings. The van der Waals surface area contributed by atoms with Crippen LogP contribution in [-0.4, -0.2) is 24.3 Å². The minimum absolute atomic E-state index is 0.0232. The highest BCUT2D eigenvalue weighted by Gasteiger charge is 2.48. The summed E-state index contributed by atoms with van der Waals surface area (Å²) in [5, 5.41) is 0. The molecule has 0 heterocycles. The van der Waals surface area contributed by atoms with Crippen molar-refractivity contribution in [1.82, 2.24) is 0 Å². The average Bonchev–Trinajstić information content (AvgIpc) is 2.40. The lowest BCUT2D eigenvalue weighted by Crippen LogP contribution is -2.54. The Labute approximate surface area is 111 Å². The molecule has 1 saturated carbocycles. The fourth-order valence-corrected chi connectivity index (χ4v) is 2.92. The van der Waals surface area contributed by atoms with E-state index in [1.807, 2.05) is 6.92 Å². The van der Waals surface area contributed by atoms with Crippen molar-refractivity contribution in [3.8, 4) is 0 Å². The molecule has 0 bridgehead atoms. The first-order chi connectivity index (χ1) is 8.60. The Balaban J connectivity index is 2.97. The van der Waals surface area contributed by atoms with Crippen LogP contribution in [0.1, 0.15) is 52.9 Å². The molecule has 1 fully saturated rings. The number of esters is 1. The van der Waals surface area contributed by atoms with Gasteiger partial charge in [0.25, 0.3) is 0 Å². The maximum Gasteiger partial charge on any atom is 0.330 e. The van der Waals surface area contributed by atoms with E-state index in [1.54, 1.807) is 0 Å². The molecule has 3 nitrogen and oxygen atoms in total. The summed E-state index contributed by atoms with van der Waals surface area (Å²) < 4.78 is 11.6. The zero-order valence-electron chi connectivity index (χ0n) is 11.9. The van der Waals surface area contributed by atoms with E-state index in [-0.39, 0.29) is 12.1 Å². The summed E-state index contributed by atoms with van der Waals surface area (Å²) in [6, 6.07) is 0. The molecule has 18 heavy (non-hydrogen) atoms. The van der Waals surface area contributed by atoms with Crippen LogP contribution in [0.5, 0.6) is 0 Å². The van der Waals surface area contributed by atoms with Gasteiger partial charge in [0, 0.05) is 12.7 Å². The second-order valence-corrected chi connectivity index (χ2v) is 5.08. The van der Waals surface area contributed by atoms with Crippen LogP contribution < -0.4 is 0 Å². The topological polar surface area (TPSA) is 35.5 Å². The maximum atomic E-state index is 11.7. The van der Waals surface area contributed by atoms with Gasteiger partial charge in [-0.2, -0.15) is 0 Å². The molecule has 0 aromatic rings. The molecule has 3 unspecified atom stereocenters. The van der Waals surface area contributed by atoms with Gasteiger partial charge in [0.15, 0.2) is 0 Å². The highest BCUT2D eigenvalue weighted by atomic mass is 16.6. The monoisotopic (exact) mass is 254 g/mol. The number of carbonyl (C=O) groups is 1. The second-order valence-electron chi connectivity index (χ2n) is 5.08. The first-order valence-corrected chi connectivity index (χ1v) is 7.07. The molecule has 3 heteroatoms. The first kappa shape index (κ1) is 15.2. The molecular weight excluding hydrogens is 228 g/mol. The standard InChI is InChI=1S/C15H26O3/c1-5-12(4)15(18-14(16)6-2)11-9-8-10-13(15)17-7-3/h6,12-13H,2,5,7-11H2,1,3-4H3. The number of hydrogen-bond donors (Lipinski definition) is 0. The van der Waals surface area contributed by atoms with Gasteiger partial charge in [0.1, 0.15) is 5.60 Å². The van der Waals surface area contributed by atoms with Gasteiger partial charge >= 0.3 is 5.97 Å². The van der Waals surface area contributed by atoms with Crippen LogP contribution in [-0.2, 0) is 14.3 Å². The molecule has 0 N–H and O–H groups in total. The maximum absolute atomic E-state index is 11.7. The van der Waals surface area contributed by atoms with E-state index in [4.69, 9.17) is 9.47 Å². The van der Waals surface area contributed by atoms with Crippen molar-refractivity contribution in [2.75, 3.05) is 6.61 Å². The second kappa shape index (κ2) is 6.93. The van der Waals surface area contributed by atoms with Crippen LogP contribution in [0.15, 0.2) is 12.7 Å². The molecular formula is C15H26O3. The van der Waals surface area contributed by atoms with Gasteiger partial charge < -0.3 is 9.47 Å². The molecule has 0 amide bonds. The van der Waals surface area contributed by atoms with Crippen LogP contribution in [0.25, 0.3) is 0 Å². The summed E-state index contributed by atoms with van der Waals surface area (Å²) in [6.07, 6.45) is 6.37. The van der Waals surface area contributed by atoms with E-state index < -0.39 is 5.60 Å². The van der Waals surface area contributed by atoms with E-state index in [0.29, 0.717) is 12.5 Å². The summed E-state index contributed by atoms with van der Waals surface area (Å²) in [5.41, 5.74) is -0.464. The Bertz CT molecular complexity index is 285. The van der Waals surface area contributed by atoms with Gasteiger partial charge in [-0.15, -0.1) is 0 Å².